The van der Waals surface area contributed by atoms with Gasteiger partial charge in [-0.15, -0.1) is 0 Å². The fourth-order valence-electron chi connectivity index (χ4n) is 4.17. The van der Waals surface area contributed by atoms with Gasteiger partial charge < -0.3 is 10.3 Å². The average Bonchev–Trinajstić information content (AvgIpc) is 3.23. The standard InChI is InChI=1S/C27H28ClN3O5S2/c1-17-5-8-21(9-6-17)38(35,36)30-12-4-11-29-27(32)25-26(23-16-20(28)7-10-24(23)31-25)37(33,34)22-14-18(2)13-19(3)15-22/h5-10,13-16,30-31H,4,11-12H2,1-3H3,(H,29,32). The fourth-order valence-corrected chi connectivity index (χ4v) is 7.21. The molecule has 4 aromatic rings. The third kappa shape index (κ3) is 5.94. The number of sulfonamides is 1. The number of halogens is 1. The van der Waals surface area contributed by atoms with E-state index in [0.717, 1.165) is 16.7 Å². The molecule has 0 aliphatic carbocycles. The van der Waals surface area contributed by atoms with Gasteiger partial charge in [0.1, 0.15) is 10.6 Å². The molecule has 8 nitrogen and oxygen atoms in total. The Morgan fingerprint density at radius 2 is 1.47 bits per heavy atom. The number of rotatable bonds is 9. The lowest BCUT2D eigenvalue weighted by Crippen LogP contribution is -2.30. The van der Waals surface area contributed by atoms with Gasteiger partial charge in [0.25, 0.3) is 5.91 Å². The zero-order valence-electron chi connectivity index (χ0n) is 21.1. The lowest BCUT2D eigenvalue weighted by atomic mass is 10.2. The largest absolute Gasteiger partial charge is 0.351 e. The summed E-state index contributed by atoms with van der Waals surface area (Å²) in [6.07, 6.45) is 0.294. The Balaban J connectivity index is 1.54. The highest BCUT2D eigenvalue weighted by Crippen LogP contribution is 2.34. The van der Waals surface area contributed by atoms with E-state index >= 15 is 0 Å². The van der Waals surface area contributed by atoms with Crippen LogP contribution in [0.15, 0.2) is 75.4 Å². The maximum atomic E-state index is 13.8. The topological polar surface area (TPSA) is 125 Å². The van der Waals surface area contributed by atoms with E-state index in [1.807, 2.05) is 13.0 Å². The number of nitrogens with one attached hydrogen (secondary N) is 3. The van der Waals surface area contributed by atoms with Crippen molar-refractivity contribution in [2.45, 2.75) is 41.9 Å². The summed E-state index contributed by atoms with van der Waals surface area (Å²) in [5.74, 6) is -0.623. The van der Waals surface area contributed by atoms with Gasteiger partial charge in [0.05, 0.1) is 9.79 Å². The first kappa shape index (κ1) is 27.8. The van der Waals surface area contributed by atoms with E-state index in [0.29, 0.717) is 22.3 Å². The number of aryl methyl sites for hydroxylation is 3. The van der Waals surface area contributed by atoms with Crippen LogP contribution < -0.4 is 10.0 Å². The van der Waals surface area contributed by atoms with E-state index in [9.17, 15) is 21.6 Å². The Hall–Kier alpha value is -3.18. The molecule has 0 aliphatic rings. The van der Waals surface area contributed by atoms with Crippen molar-refractivity contribution in [1.29, 1.82) is 0 Å². The lowest BCUT2D eigenvalue weighted by Gasteiger charge is -2.10. The molecule has 0 bridgehead atoms. The number of fused-ring (bicyclic) bond motifs is 1. The second-order valence-electron chi connectivity index (χ2n) is 9.17. The first-order valence-corrected chi connectivity index (χ1v) is 15.2. The van der Waals surface area contributed by atoms with E-state index in [1.165, 1.54) is 18.2 Å². The van der Waals surface area contributed by atoms with Crippen LogP contribution in [0.4, 0.5) is 0 Å². The molecule has 3 N–H and O–H groups in total. The monoisotopic (exact) mass is 573 g/mol. The molecule has 1 heterocycles. The summed E-state index contributed by atoms with van der Waals surface area (Å²) in [7, 11) is -7.77. The van der Waals surface area contributed by atoms with Crippen LogP contribution in [0.25, 0.3) is 10.9 Å². The fraction of sp³-hybridized carbons (Fsp3) is 0.222. The number of sulfone groups is 1. The number of aromatic amines is 1. The number of benzene rings is 3. The van der Waals surface area contributed by atoms with Crippen LogP contribution in [0.3, 0.4) is 0 Å². The van der Waals surface area contributed by atoms with Gasteiger partial charge in [0, 0.05) is 29.0 Å². The predicted octanol–water partition coefficient (Wildman–Crippen LogP) is 4.68. The normalized spacial score (nSPS) is 12.1. The number of hydrogen-bond acceptors (Lipinski definition) is 5. The molecule has 0 unspecified atom stereocenters. The Labute approximate surface area is 227 Å². The zero-order chi connectivity index (χ0) is 27.7. The van der Waals surface area contributed by atoms with Gasteiger partial charge in [-0.05, 0) is 80.8 Å². The molecule has 0 atom stereocenters. The molecule has 4 rings (SSSR count). The van der Waals surface area contributed by atoms with Gasteiger partial charge in [-0.2, -0.15) is 0 Å². The van der Waals surface area contributed by atoms with E-state index in [1.54, 1.807) is 50.2 Å². The van der Waals surface area contributed by atoms with Crippen molar-refractivity contribution >= 4 is 48.3 Å². The van der Waals surface area contributed by atoms with Crippen LogP contribution in [0.2, 0.25) is 5.02 Å². The second-order valence-corrected chi connectivity index (χ2v) is 13.3. The molecule has 11 heteroatoms. The zero-order valence-corrected chi connectivity index (χ0v) is 23.5. The molecule has 0 fully saturated rings. The van der Waals surface area contributed by atoms with Crippen molar-refractivity contribution in [1.82, 2.24) is 15.0 Å². The van der Waals surface area contributed by atoms with Gasteiger partial charge in [-0.25, -0.2) is 21.6 Å². The van der Waals surface area contributed by atoms with Gasteiger partial charge in [0.15, 0.2) is 0 Å². The lowest BCUT2D eigenvalue weighted by molar-refractivity contribution is 0.0946. The first-order chi connectivity index (χ1) is 17.9. The summed E-state index contributed by atoms with van der Waals surface area (Å²) in [5.41, 5.74) is 2.85. The maximum absolute atomic E-state index is 13.8. The first-order valence-electron chi connectivity index (χ1n) is 11.9. The third-order valence-electron chi connectivity index (χ3n) is 5.98. The molecule has 0 saturated carbocycles. The highest BCUT2D eigenvalue weighted by atomic mass is 35.5. The molecule has 0 radical (unpaired) electrons. The quantitative estimate of drug-likeness (QED) is 0.251. The summed E-state index contributed by atoms with van der Waals surface area (Å²) in [4.78, 5) is 16.2. The van der Waals surface area contributed by atoms with Crippen molar-refractivity contribution in [3.05, 3.63) is 88.1 Å². The highest BCUT2D eigenvalue weighted by molar-refractivity contribution is 7.91. The van der Waals surface area contributed by atoms with Crippen LogP contribution in [-0.2, 0) is 19.9 Å². The Kier molecular flexibility index (Phi) is 7.98. The van der Waals surface area contributed by atoms with Gasteiger partial charge in [-0.3, -0.25) is 4.79 Å². The third-order valence-corrected chi connectivity index (χ3v) is 9.51. The average molecular weight is 574 g/mol. The molecule has 0 saturated heterocycles. The van der Waals surface area contributed by atoms with Crippen LogP contribution in [-0.4, -0.2) is 40.8 Å². The van der Waals surface area contributed by atoms with E-state index in [4.69, 9.17) is 11.6 Å². The molecule has 1 amide bonds. The summed E-state index contributed by atoms with van der Waals surface area (Å²) in [6.45, 7) is 5.69. The minimum atomic E-state index is -4.09. The minimum absolute atomic E-state index is 0.0791. The molecule has 0 aliphatic heterocycles. The molecule has 0 spiro atoms. The molecule has 200 valence electrons. The molecule has 1 aromatic heterocycles. The SMILES string of the molecule is Cc1ccc(S(=O)(=O)NCCCNC(=O)c2[nH]c3ccc(Cl)cc3c2S(=O)(=O)c2cc(C)cc(C)c2)cc1. The molecular weight excluding hydrogens is 546 g/mol. The minimum Gasteiger partial charge on any atom is -0.351 e. The predicted molar refractivity (Wildman–Crippen MR) is 148 cm³/mol. The number of carbonyl (C=O) groups is 1. The Morgan fingerprint density at radius 3 is 2.13 bits per heavy atom. The van der Waals surface area contributed by atoms with Crippen molar-refractivity contribution in [3.8, 4) is 0 Å². The van der Waals surface area contributed by atoms with Crippen molar-refractivity contribution in [3.63, 3.8) is 0 Å². The summed E-state index contributed by atoms with van der Waals surface area (Å²) in [6, 6.07) is 16.2. The molecular formula is C27H28ClN3O5S2. The van der Waals surface area contributed by atoms with E-state index < -0.39 is 25.8 Å². The summed E-state index contributed by atoms with van der Waals surface area (Å²) >= 11 is 6.17. The maximum Gasteiger partial charge on any atom is 0.269 e. The van der Waals surface area contributed by atoms with Gasteiger partial charge >= 0.3 is 0 Å². The van der Waals surface area contributed by atoms with Crippen LogP contribution >= 0.6 is 11.6 Å². The highest BCUT2D eigenvalue weighted by Gasteiger charge is 2.30. The Morgan fingerprint density at radius 1 is 0.816 bits per heavy atom. The Bertz CT molecular complexity index is 1710. The van der Waals surface area contributed by atoms with E-state index in [-0.39, 0.29) is 33.5 Å². The number of carbonyl (C=O) groups excluding carboxylic acids is 1. The number of hydrogen-bond donors (Lipinski definition) is 3. The molecule has 3 aromatic carbocycles. The summed E-state index contributed by atoms with van der Waals surface area (Å²) < 4.78 is 54.9. The van der Waals surface area contributed by atoms with Gasteiger partial charge in [0.2, 0.25) is 19.9 Å². The smallest absolute Gasteiger partial charge is 0.269 e. The van der Waals surface area contributed by atoms with Crippen molar-refractivity contribution in [2.75, 3.05) is 13.1 Å². The number of amides is 1. The number of aromatic nitrogens is 1. The molecule has 38 heavy (non-hydrogen) atoms. The van der Waals surface area contributed by atoms with Crippen molar-refractivity contribution in [2.24, 2.45) is 0 Å². The second kappa shape index (κ2) is 10.9. The van der Waals surface area contributed by atoms with Gasteiger partial charge in [-0.1, -0.05) is 35.4 Å². The number of H-pyrrole nitrogens is 1. The van der Waals surface area contributed by atoms with Crippen molar-refractivity contribution < 1.29 is 21.6 Å². The van der Waals surface area contributed by atoms with Crippen LogP contribution in [0, 0.1) is 20.8 Å². The summed E-state index contributed by atoms with van der Waals surface area (Å²) in [5, 5.41) is 3.34. The van der Waals surface area contributed by atoms with Crippen LogP contribution in [0.5, 0.6) is 0 Å². The van der Waals surface area contributed by atoms with Crippen LogP contribution in [0.1, 0.15) is 33.6 Å². The van der Waals surface area contributed by atoms with E-state index in [2.05, 4.69) is 15.0 Å².